The average Bonchev–Trinajstić information content (AvgIpc) is 2.38. The SMILES string of the molecule is COC(=O)CNC(=O)Nc1cc(C(=O)O)c(F)cc1F. The minimum Gasteiger partial charge on any atom is -0.478 e. The number of carboxylic acid groups (broad SMARTS) is 1. The van der Waals surface area contributed by atoms with Crippen LogP contribution in [0.4, 0.5) is 19.3 Å². The van der Waals surface area contributed by atoms with E-state index in [9.17, 15) is 23.2 Å². The Labute approximate surface area is 111 Å². The predicted octanol–water partition coefficient (Wildman–Crippen LogP) is 0.957. The zero-order valence-electron chi connectivity index (χ0n) is 10.2. The molecule has 0 spiro atoms. The van der Waals surface area contributed by atoms with Crippen molar-refractivity contribution in [2.45, 2.75) is 0 Å². The van der Waals surface area contributed by atoms with Crippen LogP contribution in [0.1, 0.15) is 10.4 Å². The fourth-order valence-corrected chi connectivity index (χ4v) is 1.20. The Balaban J connectivity index is 2.82. The van der Waals surface area contributed by atoms with Gasteiger partial charge in [0.05, 0.1) is 18.4 Å². The Bertz CT molecular complexity index is 562. The van der Waals surface area contributed by atoms with Gasteiger partial charge in [0, 0.05) is 6.07 Å². The summed E-state index contributed by atoms with van der Waals surface area (Å²) in [5.41, 5.74) is -1.33. The largest absolute Gasteiger partial charge is 0.478 e. The van der Waals surface area contributed by atoms with Gasteiger partial charge in [-0.2, -0.15) is 0 Å². The summed E-state index contributed by atoms with van der Waals surface area (Å²) in [6, 6.07) is -0.0124. The van der Waals surface area contributed by atoms with Gasteiger partial charge in [0.25, 0.3) is 0 Å². The number of rotatable bonds is 4. The second kappa shape index (κ2) is 6.45. The fourth-order valence-electron chi connectivity index (χ4n) is 1.20. The van der Waals surface area contributed by atoms with E-state index in [-0.39, 0.29) is 0 Å². The molecule has 1 aromatic rings. The number of benzene rings is 1. The highest BCUT2D eigenvalue weighted by molar-refractivity contribution is 5.94. The van der Waals surface area contributed by atoms with Gasteiger partial charge in [-0.25, -0.2) is 18.4 Å². The summed E-state index contributed by atoms with van der Waals surface area (Å²) in [4.78, 5) is 32.7. The van der Waals surface area contributed by atoms with Gasteiger partial charge in [0.2, 0.25) is 0 Å². The van der Waals surface area contributed by atoms with E-state index in [1.54, 1.807) is 0 Å². The Kier molecular flexibility index (Phi) is 4.95. The van der Waals surface area contributed by atoms with Crippen molar-refractivity contribution in [3.8, 4) is 0 Å². The molecule has 0 aliphatic carbocycles. The molecule has 9 heteroatoms. The molecule has 0 aliphatic rings. The highest BCUT2D eigenvalue weighted by Crippen LogP contribution is 2.19. The number of hydrogen-bond donors (Lipinski definition) is 3. The van der Waals surface area contributed by atoms with Gasteiger partial charge >= 0.3 is 18.0 Å². The van der Waals surface area contributed by atoms with E-state index in [1.165, 1.54) is 0 Å². The molecule has 0 saturated carbocycles. The number of halogens is 2. The average molecular weight is 288 g/mol. The molecule has 0 atom stereocenters. The third kappa shape index (κ3) is 3.90. The number of aromatic carboxylic acids is 1. The molecule has 0 aliphatic heterocycles. The number of ether oxygens (including phenoxy) is 1. The van der Waals surface area contributed by atoms with Crippen LogP contribution < -0.4 is 10.6 Å². The number of carbonyl (C=O) groups is 3. The summed E-state index contributed by atoms with van der Waals surface area (Å²) in [6.45, 7) is -0.461. The van der Waals surface area contributed by atoms with Crippen LogP contribution in [0.3, 0.4) is 0 Å². The lowest BCUT2D eigenvalue weighted by Crippen LogP contribution is -2.34. The van der Waals surface area contributed by atoms with Crippen molar-refractivity contribution in [3.05, 3.63) is 29.3 Å². The van der Waals surface area contributed by atoms with Crippen LogP contribution in [0.5, 0.6) is 0 Å². The van der Waals surface area contributed by atoms with E-state index in [0.717, 1.165) is 7.11 Å². The molecule has 0 fully saturated rings. The first kappa shape index (κ1) is 15.3. The van der Waals surface area contributed by atoms with Crippen molar-refractivity contribution in [3.63, 3.8) is 0 Å². The minimum absolute atomic E-state index is 0.333. The van der Waals surface area contributed by atoms with Gasteiger partial charge in [0.15, 0.2) is 0 Å². The zero-order valence-corrected chi connectivity index (χ0v) is 10.2. The van der Waals surface area contributed by atoms with Gasteiger partial charge in [0.1, 0.15) is 18.2 Å². The van der Waals surface area contributed by atoms with E-state index >= 15 is 0 Å². The van der Waals surface area contributed by atoms with Crippen molar-refractivity contribution >= 4 is 23.7 Å². The number of nitrogens with one attached hydrogen (secondary N) is 2. The molecular formula is C11H10F2N2O5. The van der Waals surface area contributed by atoms with Crippen LogP contribution in [-0.4, -0.2) is 36.7 Å². The summed E-state index contributed by atoms with van der Waals surface area (Å²) in [6.07, 6.45) is 0. The summed E-state index contributed by atoms with van der Waals surface area (Å²) < 4.78 is 30.7. The number of anilines is 1. The number of hydrogen-bond acceptors (Lipinski definition) is 4. The first-order valence-corrected chi connectivity index (χ1v) is 5.19. The first-order chi connectivity index (χ1) is 9.35. The third-order valence-electron chi connectivity index (χ3n) is 2.16. The molecule has 0 heterocycles. The van der Waals surface area contributed by atoms with Crippen molar-refractivity contribution in [2.75, 3.05) is 19.0 Å². The summed E-state index contributed by atoms with van der Waals surface area (Å²) in [5.74, 6) is -4.76. The maximum atomic E-state index is 13.4. The smallest absolute Gasteiger partial charge is 0.338 e. The second-order valence-corrected chi connectivity index (χ2v) is 3.50. The number of carbonyl (C=O) groups excluding carboxylic acids is 2. The minimum atomic E-state index is -1.61. The Morgan fingerprint density at radius 2 is 1.90 bits per heavy atom. The summed E-state index contributed by atoms with van der Waals surface area (Å²) in [7, 11) is 1.11. The first-order valence-electron chi connectivity index (χ1n) is 5.19. The van der Waals surface area contributed by atoms with Crippen molar-refractivity contribution < 1.29 is 33.0 Å². The maximum Gasteiger partial charge on any atom is 0.338 e. The molecule has 0 radical (unpaired) electrons. The molecule has 7 nitrogen and oxygen atoms in total. The number of amides is 2. The lowest BCUT2D eigenvalue weighted by atomic mass is 10.2. The molecule has 20 heavy (non-hydrogen) atoms. The van der Waals surface area contributed by atoms with E-state index in [4.69, 9.17) is 5.11 Å². The predicted molar refractivity (Wildman–Crippen MR) is 62.4 cm³/mol. The van der Waals surface area contributed by atoms with Crippen LogP contribution in [0.2, 0.25) is 0 Å². The van der Waals surface area contributed by atoms with Crippen LogP contribution in [0, 0.1) is 11.6 Å². The lowest BCUT2D eigenvalue weighted by molar-refractivity contribution is -0.139. The number of methoxy groups -OCH3 is 1. The van der Waals surface area contributed by atoms with Gasteiger partial charge in [-0.05, 0) is 6.07 Å². The van der Waals surface area contributed by atoms with Gasteiger partial charge in [-0.15, -0.1) is 0 Å². The second-order valence-electron chi connectivity index (χ2n) is 3.50. The van der Waals surface area contributed by atoms with Crippen LogP contribution in [-0.2, 0) is 9.53 Å². The van der Waals surface area contributed by atoms with Crippen molar-refractivity contribution in [2.24, 2.45) is 0 Å². The standard InChI is InChI=1S/C11H10F2N2O5/c1-20-9(16)4-14-11(19)15-8-2-5(10(17)18)6(12)3-7(8)13/h2-3H,4H2,1H3,(H,17,18)(H2,14,15,19). The Morgan fingerprint density at radius 1 is 1.25 bits per heavy atom. The molecule has 1 aromatic carbocycles. The number of urea groups is 1. The summed E-state index contributed by atoms with van der Waals surface area (Å²) >= 11 is 0. The Hall–Kier alpha value is -2.71. The molecule has 3 N–H and O–H groups in total. The summed E-state index contributed by atoms with van der Waals surface area (Å²) in [5, 5.41) is 12.7. The molecule has 0 unspecified atom stereocenters. The molecule has 2 amide bonds. The van der Waals surface area contributed by atoms with Gasteiger partial charge < -0.3 is 20.5 Å². The van der Waals surface area contributed by atoms with Crippen LogP contribution in [0.15, 0.2) is 12.1 Å². The fraction of sp³-hybridized carbons (Fsp3) is 0.182. The van der Waals surface area contributed by atoms with Gasteiger partial charge in [-0.3, -0.25) is 4.79 Å². The molecule has 1 rings (SSSR count). The van der Waals surface area contributed by atoms with Crippen LogP contribution in [0.25, 0.3) is 0 Å². The van der Waals surface area contributed by atoms with Crippen molar-refractivity contribution in [1.29, 1.82) is 0 Å². The molecule has 0 bridgehead atoms. The lowest BCUT2D eigenvalue weighted by Gasteiger charge is -2.09. The highest BCUT2D eigenvalue weighted by Gasteiger charge is 2.16. The van der Waals surface area contributed by atoms with E-state index in [2.05, 4.69) is 4.74 Å². The van der Waals surface area contributed by atoms with Crippen LogP contribution >= 0.6 is 0 Å². The van der Waals surface area contributed by atoms with Gasteiger partial charge in [-0.1, -0.05) is 0 Å². The topological polar surface area (TPSA) is 105 Å². The molecule has 0 aromatic heterocycles. The molecule has 0 saturated heterocycles. The highest BCUT2D eigenvalue weighted by atomic mass is 19.1. The van der Waals surface area contributed by atoms with E-state index < -0.39 is 47.4 Å². The van der Waals surface area contributed by atoms with Crippen molar-refractivity contribution in [1.82, 2.24) is 5.32 Å². The molecular weight excluding hydrogens is 278 g/mol. The van der Waals surface area contributed by atoms with E-state index in [0.29, 0.717) is 12.1 Å². The Morgan fingerprint density at radius 3 is 2.45 bits per heavy atom. The third-order valence-corrected chi connectivity index (χ3v) is 2.16. The normalized spacial score (nSPS) is 9.75. The number of carboxylic acids is 1. The quantitative estimate of drug-likeness (QED) is 0.716. The maximum absolute atomic E-state index is 13.4. The molecule has 108 valence electrons. The number of esters is 1. The zero-order chi connectivity index (χ0) is 15.3. The van der Waals surface area contributed by atoms with E-state index in [1.807, 2.05) is 10.6 Å². The monoisotopic (exact) mass is 288 g/mol.